The molecule has 3 aromatic rings. The van der Waals surface area contributed by atoms with Crippen molar-refractivity contribution in [2.24, 2.45) is 0 Å². The molecule has 0 spiro atoms. The molecule has 9 heteroatoms. The van der Waals surface area contributed by atoms with Gasteiger partial charge in [0.05, 0.1) is 11.8 Å². The third-order valence-electron chi connectivity index (χ3n) is 5.86. The number of rotatable bonds is 4. The van der Waals surface area contributed by atoms with Gasteiger partial charge in [-0.1, -0.05) is 23.7 Å². The van der Waals surface area contributed by atoms with Crippen LogP contribution in [0.2, 0.25) is 5.02 Å². The SMILES string of the molecule is O=C1CCCC2=C1[C@@H](c1ccc(C(=O)O)cc1)n1ncc(C(=O)Nc3ccc(Cl)cc3)c1N2. The van der Waals surface area contributed by atoms with E-state index in [0.717, 1.165) is 17.7 Å². The topological polar surface area (TPSA) is 113 Å². The first kappa shape index (κ1) is 21.0. The molecule has 0 unspecified atom stereocenters. The molecule has 0 saturated heterocycles. The van der Waals surface area contributed by atoms with Crippen molar-refractivity contribution >= 4 is 40.8 Å². The number of fused-ring (bicyclic) bond motifs is 1. The molecule has 166 valence electrons. The largest absolute Gasteiger partial charge is 0.478 e. The van der Waals surface area contributed by atoms with Gasteiger partial charge in [0.1, 0.15) is 17.4 Å². The molecule has 5 rings (SSSR count). The maximum atomic E-state index is 13.0. The highest BCUT2D eigenvalue weighted by Crippen LogP contribution is 2.41. The molecule has 8 nitrogen and oxygen atoms in total. The average Bonchev–Trinajstić information content (AvgIpc) is 3.23. The number of Topliss-reactive ketones (excluding diaryl/α,β-unsaturated/α-hetero) is 1. The van der Waals surface area contributed by atoms with Crippen molar-refractivity contribution < 1.29 is 19.5 Å². The summed E-state index contributed by atoms with van der Waals surface area (Å²) >= 11 is 5.92. The lowest BCUT2D eigenvalue weighted by Crippen LogP contribution is -2.32. The summed E-state index contributed by atoms with van der Waals surface area (Å²) in [5, 5.41) is 20.3. The molecule has 0 fully saturated rings. The summed E-state index contributed by atoms with van der Waals surface area (Å²) in [7, 11) is 0. The molecule has 1 aromatic heterocycles. The van der Waals surface area contributed by atoms with Crippen LogP contribution in [0.4, 0.5) is 11.5 Å². The summed E-state index contributed by atoms with van der Waals surface area (Å²) in [4.78, 5) is 37.2. The highest BCUT2D eigenvalue weighted by Gasteiger charge is 2.37. The summed E-state index contributed by atoms with van der Waals surface area (Å²) in [6.07, 6.45) is 3.30. The highest BCUT2D eigenvalue weighted by atomic mass is 35.5. The van der Waals surface area contributed by atoms with Crippen LogP contribution < -0.4 is 10.6 Å². The third kappa shape index (κ3) is 3.78. The predicted octanol–water partition coefficient (Wildman–Crippen LogP) is 4.51. The molecule has 2 heterocycles. The molecule has 0 saturated carbocycles. The van der Waals surface area contributed by atoms with Gasteiger partial charge in [-0.15, -0.1) is 0 Å². The number of benzene rings is 2. The van der Waals surface area contributed by atoms with Gasteiger partial charge in [0.15, 0.2) is 5.78 Å². The molecule has 3 N–H and O–H groups in total. The molecule has 33 heavy (non-hydrogen) atoms. The van der Waals surface area contributed by atoms with Crippen LogP contribution in [-0.4, -0.2) is 32.5 Å². The number of ketones is 1. The molecule has 1 aliphatic heterocycles. The number of halogens is 1. The number of hydrogen-bond acceptors (Lipinski definition) is 5. The Morgan fingerprint density at radius 3 is 2.52 bits per heavy atom. The fourth-order valence-electron chi connectivity index (χ4n) is 4.27. The normalized spacial score (nSPS) is 17.1. The third-order valence-corrected chi connectivity index (χ3v) is 6.11. The van der Waals surface area contributed by atoms with Gasteiger partial charge >= 0.3 is 5.97 Å². The number of carboxylic acid groups (broad SMARTS) is 1. The summed E-state index contributed by atoms with van der Waals surface area (Å²) in [6.45, 7) is 0. The molecular weight excluding hydrogens is 444 g/mol. The molecule has 1 amide bonds. The molecule has 1 aliphatic carbocycles. The number of nitrogens with one attached hydrogen (secondary N) is 2. The van der Waals surface area contributed by atoms with Crippen LogP contribution in [0, 0.1) is 0 Å². The zero-order valence-corrected chi connectivity index (χ0v) is 18.1. The van der Waals surface area contributed by atoms with Crippen LogP contribution in [-0.2, 0) is 4.79 Å². The minimum atomic E-state index is -1.03. The number of anilines is 2. The zero-order chi connectivity index (χ0) is 23.1. The number of carbonyl (C=O) groups excluding carboxylic acids is 2. The van der Waals surface area contributed by atoms with Crippen LogP contribution in [0.5, 0.6) is 0 Å². The lowest BCUT2D eigenvalue weighted by Gasteiger charge is -2.33. The van der Waals surface area contributed by atoms with E-state index < -0.39 is 12.0 Å². The van der Waals surface area contributed by atoms with Crippen LogP contribution in [0.25, 0.3) is 0 Å². The quantitative estimate of drug-likeness (QED) is 0.525. The van der Waals surface area contributed by atoms with Gasteiger partial charge in [-0.25, -0.2) is 9.48 Å². The number of carbonyl (C=O) groups is 3. The first-order chi connectivity index (χ1) is 15.9. The number of aromatic nitrogens is 2. The molecule has 0 bridgehead atoms. The number of hydrogen-bond donors (Lipinski definition) is 3. The number of amides is 1. The van der Waals surface area contributed by atoms with Gasteiger partial charge in [-0.3, -0.25) is 9.59 Å². The van der Waals surface area contributed by atoms with Crippen LogP contribution in [0.3, 0.4) is 0 Å². The number of nitrogens with zero attached hydrogens (tertiary/aromatic N) is 2. The van der Waals surface area contributed by atoms with Crippen LogP contribution >= 0.6 is 11.6 Å². The Kier molecular flexibility index (Phi) is 5.22. The summed E-state index contributed by atoms with van der Waals surface area (Å²) < 4.78 is 1.62. The second-order valence-electron chi connectivity index (χ2n) is 7.94. The highest BCUT2D eigenvalue weighted by molar-refractivity contribution is 6.30. The van der Waals surface area contributed by atoms with Gasteiger partial charge in [-0.05, 0) is 54.8 Å². The Hall–Kier alpha value is -3.91. The van der Waals surface area contributed by atoms with E-state index in [1.807, 2.05) is 0 Å². The van der Waals surface area contributed by atoms with Crippen molar-refractivity contribution in [2.75, 3.05) is 10.6 Å². The summed E-state index contributed by atoms with van der Waals surface area (Å²) in [5.74, 6) is -0.870. The maximum absolute atomic E-state index is 13.0. The molecule has 2 aromatic carbocycles. The fraction of sp³-hybridized carbons (Fsp3) is 0.167. The van der Waals surface area contributed by atoms with E-state index in [0.29, 0.717) is 40.5 Å². The Morgan fingerprint density at radius 2 is 1.82 bits per heavy atom. The summed E-state index contributed by atoms with van der Waals surface area (Å²) in [5.41, 5.74) is 3.17. The number of aromatic carboxylic acids is 1. The Balaban J connectivity index is 1.56. The van der Waals surface area contributed by atoms with Crippen molar-refractivity contribution in [1.82, 2.24) is 9.78 Å². The summed E-state index contributed by atoms with van der Waals surface area (Å²) in [6, 6.07) is 12.6. The van der Waals surface area contributed by atoms with Gasteiger partial charge in [0.25, 0.3) is 5.91 Å². The molecular formula is C24H19ClN4O4. The average molecular weight is 463 g/mol. The van der Waals surface area contributed by atoms with E-state index in [-0.39, 0.29) is 17.3 Å². The van der Waals surface area contributed by atoms with E-state index in [9.17, 15) is 19.5 Å². The van der Waals surface area contributed by atoms with Gasteiger partial charge < -0.3 is 15.7 Å². The Morgan fingerprint density at radius 1 is 1.09 bits per heavy atom. The van der Waals surface area contributed by atoms with Gasteiger partial charge in [0.2, 0.25) is 0 Å². The van der Waals surface area contributed by atoms with Crippen LogP contribution in [0.1, 0.15) is 51.6 Å². The zero-order valence-electron chi connectivity index (χ0n) is 17.3. The minimum absolute atomic E-state index is 0.0179. The second-order valence-corrected chi connectivity index (χ2v) is 8.37. The van der Waals surface area contributed by atoms with Crippen molar-refractivity contribution in [3.8, 4) is 0 Å². The number of carboxylic acids is 1. The Labute approximate surface area is 193 Å². The minimum Gasteiger partial charge on any atom is -0.478 e. The molecule has 2 aliphatic rings. The number of allylic oxidation sites excluding steroid dienone is 2. The maximum Gasteiger partial charge on any atom is 0.335 e. The van der Waals surface area contributed by atoms with E-state index in [1.165, 1.54) is 18.3 Å². The van der Waals surface area contributed by atoms with E-state index in [4.69, 9.17) is 11.6 Å². The smallest absolute Gasteiger partial charge is 0.335 e. The monoisotopic (exact) mass is 462 g/mol. The standard InChI is InChI=1S/C24H19ClN4O4/c25-15-8-10-16(11-9-15)27-23(31)17-12-26-29-21(13-4-6-14(7-5-13)24(32)33)20-18(28-22(17)29)2-1-3-19(20)30/h4-12,21,28H,1-3H2,(H,27,31)(H,32,33)/t21-/m1/s1. The van der Waals surface area contributed by atoms with Gasteiger partial charge in [-0.2, -0.15) is 5.10 Å². The lowest BCUT2D eigenvalue weighted by molar-refractivity contribution is -0.116. The second kappa shape index (κ2) is 8.22. The van der Waals surface area contributed by atoms with Crippen molar-refractivity contribution in [3.63, 3.8) is 0 Å². The van der Waals surface area contributed by atoms with Crippen molar-refractivity contribution in [1.29, 1.82) is 0 Å². The lowest BCUT2D eigenvalue weighted by atomic mass is 9.85. The molecule has 1 atom stereocenters. The first-order valence-electron chi connectivity index (χ1n) is 10.4. The first-order valence-corrected chi connectivity index (χ1v) is 10.8. The van der Waals surface area contributed by atoms with Crippen molar-refractivity contribution in [3.05, 3.63) is 87.7 Å². The van der Waals surface area contributed by atoms with E-state index in [1.54, 1.807) is 41.1 Å². The van der Waals surface area contributed by atoms with Crippen molar-refractivity contribution in [2.45, 2.75) is 25.3 Å². The Bertz CT molecular complexity index is 1310. The predicted molar refractivity (Wildman–Crippen MR) is 123 cm³/mol. The fourth-order valence-corrected chi connectivity index (χ4v) is 4.40. The van der Waals surface area contributed by atoms with Crippen LogP contribution in [0.15, 0.2) is 66.0 Å². The van der Waals surface area contributed by atoms with E-state index >= 15 is 0 Å². The van der Waals surface area contributed by atoms with Gasteiger partial charge in [0, 0.05) is 28.4 Å². The van der Waals surface area contributed by atoms with E-state index in [2.05, 4.69) is 15.7 Å². The molecule has 0 radical (unpaired) electrons.